The molecule has 0 amide bonds. The monoisotopic (exact) mass is 343 g/mol. The summed E-state index contributed by atoms with van der Waals surface area (Å²) in [6, 6.07) is 18.1. The summed E-state index contributed by atoms with van der Waals surface area (Å²) in [6.07, 6.45) is 2.29. The molecule has 6 heteroatoms. The number of halogens is 1. The molecule has 5 nitrogen and oxygen atoms in total. The summed E-state index contributed by atoms with van der Waals surface area (Å²) in [5, 5.41) is 0. The van der Waals surface area contributed by atoms with Crippen LogP contribution in [-0.2, 0) is 0 Å². The highest BCUT2D eigenvalue weighted by Gasteiger charge is 2.13. The van der Waals surface area contributed by atoms with Gasteiger partial charge in [-0.15, -0.1) is 12.4 Å². The molecule has 0 saturated carbocycles. The van der Waals surface area contributed by atoms with E-state index in [1.54, 1.807) is 0 Å². The van der Waals surface area contributed by atoms with Gasteiger partial charge >= 0.3 is 0 Å². The van der Waals surface area contributed by atoms with Crippen LogP contribution in [0.4, 0.5) is 5.69 Å². The van der Waals surface area contributed by atoms with Crippen LogP contribution in [-0.4, -0.2) is 29.9 Å². The van der Waals surface area contributed by atoms with Crippen molar-refractivity contribution in [2.75, 3.05) is 13.1 Å². The third kappa shape index (κ3) is 4.49. The second-order valence-corrected chi connectivity index (χ2v) is 5.55. The zero-order valence-electron chi connectivity index (χ0n) is 13.4. The molecule has 1 fully saturated rings. The average molecular weight is 344 g/mol. The molecular weight excluding hydrogens is 322 g/mol. The summed E-state index contributed by atoms with van der Waals surface area (Å²) < 4.78 is 0. The molecule has 0 aliphatic carbocycles. The molecule has 1 aliphatic rings. The molecule has 1 heterocycles. The molecule has 0 atom stereocenters. The van der Waals surface area contributed by atoms with Crippen molar-refractivity contribution >= 4 is 30.0 Å². The van der Waals surface area contributed by atoms with E-state index in [1.807, 2.05) is 47.4 Å². The molecule has 0 bridgehead atoms. The first-order chi connectivity index (χ1) is 11.2. The number of nitrogens with zero attached hydrogens (tertiary/aromatic N) is 3. The van der Waals surface area contributed by atoms with E-state index >= 15 is 0 Å². The Kier molecular flexibility index (Phi) is 6.21. The molecule has 0 spiro atoms. The molecule has 2 aromatic carbocycles. The SMILES string of the molecule is Cl.NC(=Nc1ccc(-c2ccccc2)cc1)N=C(N)N1CCCC1. The topological polar surface area (TPSA) is 80.0 Å². The summed E-state index contributed by atoms with van der Waals surface area (Å²) >= 11 is 0. The largest absolute Gasteiger partial charge is 0.369 e. The van der Waals surface area contributed by atoms with Gasteiger partial charge in [0.2, 0.25) is 5.96 Å². The molecule has 0 radical (unpaired) electrons. The van der Waals surface area contributed by atoms with Crippen molar-refractivity contribution in [3.05, 3.63) is 54.6 Å². The van der Waals surface area contributed by atoms with Gasteiger partial charge in [0, 0.05) is 13.1 Å². The quantitative estimate of drug-likeness (QED) is 0.649. The lowest BCUT2D eigenvalue weighted by molar-refractivity contribution is 0.514. The van der Waals surface area contributed by atoms with E-state index in [0.29, 0.717) is 5.96 Å². The Hall–Kier alpha value is -2.53. The van der Waals surface area contributed by atoms with Gasteiger partial charge in [-0.05, 0) is 36.1 Å². The lowest BCUT2D eigenvalue weighted by atomic mass is 10.1. The van der Waals surface area contributed by atoms with Crippen molar-refractivity contribution < 1.29 is 0 Å². The van der Waals surface area contributed by atoms with E-state index in [1.165, 1.54) is 5.56 Å². The zero-order chi connectivity index (χ0) is 16.1. The first-order valence-electron chi connectivity index (χ1n) is 7.81. The molecule has 2 aromatic rings. The van der Waals surface area contributed by atoms with Crippen LogP contribution in [0.1, 0.15) is 12.8 Å². The Morgan fingerprint density at radius 2 is 1.42 bits per heavy atom. The molecule has 1 saturated heterocycles. The van der Waals surface area contributed by atoms with Gasteiger partial charge in [0.15, 0.2) is 5.96 Å². The van der Waals surface area contributed by atoms with Gasteiger partial charge in [-0.3, -0.25) is 0 Å². The van der Waals surface area contributed by atoms with Crippen molar-refractivity contribution in [1.82, 2.24) is 4.90 Å². The van der Waals surface area contributed by atoms with Crippen molar-refractivity contribution in [2.45, 2.75) is 12.8 Å². The van der Waals surface area contributed by atoms with Gasteiger partial charge in [0.1, 0.15) is 0 Å². The normalized spacial score (nSPS) is 15.2. The minimum absolute atomic E-state index is 0. The number of nitrogens with two attached hydrogens (primary N) is 2. The number of hydrogen-bond acceptors (Lipinski definition) is 1. The highest BCUT2D eigenvalue weighted by Crippen LogP contribution is 2.22. The van der Waals surface area contributed by atoms with E-state index in [9.17, 15) is 0 Å². The molecule has 1 aliphatic heterocycles. The predicted octanol–water partition coefficient (Wildman–Crippen LogP) is 3.13. The fourth-order valence-corrected chi connectivity index (χ4v) is 2.65. The molecule has 0 aromatic heterocycles. The van der Waals surface area contributed by atoms with Crippen LogP contribution in [0.2, 0.25) is 0 Å². The zero-order valence-corrected chi connectivity index (χ0v) is 14.2. The van der Waals surface area contributed by atoms with Gasteiger partial charge in [0.25, 0.3) is 0 Å². The van der Waals surface area contributed by atoms with Gasteiger partial charge in [0.05, 0.1) is 5.69 Å². The molecule has 24 heavy (non-hydrogen) atoms. The van der Waals surface area contributed by atoms with Crippen LogP contribution in [0.5, 0.6) is 0 Å². The van der Waals surface area contributed by atoms with Gasteiger partial charge in [-0.1, -0.05) is 42.5 Å². The van der Waals surface area contributed by atoms with Gasteiger partial charge in [-0.2, -0.15) is 4.99 Å². The van der Waals surface area contributed by atoms with Crippen LogP contribution in [0.3, 0.4) is 0 Å². The highest BCUT2D eigenvalue weighted by molar-refractivity contribution is 5.94. The van der Waals surface area contributed by atoms with Crippen LogP contribution in [0, 0.1) is 0 Å². The Morgan fingerprint density at radius 3 is 2.04 bits per heavy atom. The fourth-order valence-electron chi connectivity index (χ4n) is 2.65. The number of benzene rings is 2. The van der Waals surface area contributed by atoms with E-state index in [-0.39, 0.29) is 18.4 Å². The van der Waals surface area contributed by atoms with E-state index < -0.39 is 0 Å². The summed E-state index contributed by atoms with van der Waals surface area (Å²) in [5.41, 5.74) is 14.9. The van der Waals surface area contributed by atoms with Crippen LogP contribution in [0.15, 0.2) is 64.6 Å². The molecule has 3 rings (SSSR count). The smallest absolute Gasteiger partial charge is 0.223 e. The maximum Gasteiger partial charge on any atom is 0.223 e. The highest BCUT2D eigenvalue weighted by atomic mass is 35.5. The molecule has 126 valence electrons. The van der Waals surface area contributed by atoms with Gasteiger partial charge in [-0.25, -0.2) is 4.99 Å². The third-order valence-electron chi connectivity index (χ3n) is 3.88. The number of likely N-dealkylation sites (tertiary alicyclic amines) is 1. The molecular formula is C18H22ClN5. The van der Waals surface area contributed by atoms with Crippen LogP contribution >= 0.6 is 12.4 Å². The Bertz CT molecular complexity index is 704. The predicted molar refractivity (Wildman–Crippen MR) is 103 cm³/mol. The van der Waals surface area contributed by atoms with E-state index in [2.05, 4.69) is 22.1 Å². The van der Waals surface area contributed by atoms with Crippen molar-refractivity contribution in [3.63, 3.8) is 0 Å². The van der Waals surface area contributed by atoms with Gasteiger partial charge < -0.3 is 16.4 Å². The van der Waals surface area contributed by atoms with Crippen molar-refractivity contribution in [1.29, 1.82) is 0 Å². The van der Waals surface area contributed by atoms with Crippen LogP contribution in [0.25, 0.3) is 11.1 Å². The molecule has 0 unspecified atom stereocenters. The average Bonchev–Trinajstić information content (AvgIpc) is 3.11. The Morgan fingerprint density at radius 1 is 0.833 bits per heavy atom. The van der Waals surface area contributed by atoms with Crippen molar-refractivity contribution in [2.24, 2.45) is 21.5 Å². The van der Waals surface area contributed by atoms with Crippen molar-refractivity contribution in [3.8, 4) is 11.1 Å². The number of rotatable bonds is 2. The number of guanidine groups is 2. The Balaban J connectivity index is 0.00000208. The first kappa shape index (κ1) is 17.8. The maximum absolute atomic E-state index is 5.95. The second kappa shape index (κ2) is 8.36. The Labute approximate surface area is 148 Å². The van der Waals surface area contributed by atoms with E-state index in [0.717, 1.165) is 37.2 Å². The van der Waals surface area contributed by atoms with Crippen LogP contribution < -0.4 is 11.5 Å². The minimum Gasteiger partial charge on any atom is -0.369 e. The molecule has 4 N–H and O–H groups in total. The summed E-state index contributed by atoms with van der Waals surface area (Å²) in [6.45, 7) is 1.88. The lowest BCUT2D eigenvalue weighted by Crippen LogP contribution is -2.36. The summed E-state index contributed by atoms with van der Waals surface area (Å²) in [7, 11) is 0. The third-order valence-corrected chi connectivity index (χ3v) is 3.88. The summed E-state index contributed by atoms with van der Waals surface area (Å²) in [4.78, 5) is 10.5. The number of aliphatic imine (C=N–C) groups is 2. The maximum atomic E-state index is 5.95. The summed E-state index contributed by atoms with van der Waals surface area (Å²) in [5.74, 6) is 0.631. The second-order valence-electron chi connectivity index (χ2n) is 5.55. The number of hydrogen-bond donors (Lipinski definition) is 2. The fraction of sp³-hybridized carbons (Fsp3) is 0.222. The van der Waals surface area contributed by atoms with E-state index in [4.69, 9.17) is 11.5 Å². The minimum atomic E-state index is 0. The standard InChI is InChI=1S/C18H21N5.ClH/c19-17(22-18(20)23-12-4-5-13-23)21-16-10-8-15(9-11-16)14-6-2-1-3-7-14;/h1-3,6-11H,4-5,12-13H2,(H4,19,20,21,22);1H. The first-order valence-corrected chi connectivity index (χ1v) is 7.81. The lowest BCUT2D eigenvalue weighted by Gasteiger charge is -2.15.